The van der Waals surface area contributed by atoms with Crippen LogP contribution in [0, 0.1) is 13.8 Å². The van der Waals surface area contributed by atoms with Crippen molar-refractivity contribution in [3.05, 3.63) is 65.4 Å². The number of anilines is 1. The third kappa shape index (κ3) is 3.49. The van der Waals surface area contributed by atoms with Gasteiger partial charge in [0.15, 0.2) is 5.78 Å². The Morgan fingerprint density at radius 3 is 2.52 bits per heavy atom. The molecule has 1 aliphatic heterocycles. The first-order chi connectivity index (χ1) is 14.0. The van der Waals surface area contributed by atoms with Gasteiger partial charge < -0.3 is 10.6 Å². The monoisotopic (exact) mass is 390 g/mol. The van der Waals surface area contributed by atoms with Crippen molar-refractivity contribution < 1.29 is 9.59 Å². The molecule has 29 heavy (non-hydrogen) atoms. The maximum atomic E-state index is 13.2. The van der Waals surface area contributed by atoms with Crippen LogP contribution in [0.4, 0.5) is 5.82 Å². The van der Waals surface area contributed by atoms with Crippen molar-refractivity contribution in [2.75, 3.05) is 12.3 Å². The van der Waals surface area contributed by atoms with Gasteiger partial charge in [-0.3, -0.25) is 14.6 Å². The maximum absolute atomic E-state index is 13.2. The summed E-state index contributed by atoms with van der Waals surface area (Å²) >= 11 is 0. The molecule has 4 rings (SSSR count). The minimum atomic E-state index is -0.580. The average Bonchev–Trinajstić information content (AvgIpc) is 3.35. The van der Waals surface area contributed by atoms with Gasteiger partial charge in [0, 0.05) is 12.7 Å². The molecule has 2 aromatic heterocycles. The van der Waals surface area contributed by atoms with Gasteiger partial charge in [0.05, 0.1) is 35.4 Å². The van der Waals surface area contributed by atoms with Crippen LogP contribution in [0.25, 0.3) is 5.69 Å². The molecule has 3 aromatic rings. The SMILES string of the molecule is Cc1ccc(-n2ncc(C(=O)[C@H]3CCCN3C(=O)c3cnc(C)cn3)c2N)cc1. The number of ketones is 1. The van der Waals surface area contributed by atoms with Crippen LogP contribution in [-0.2, 0) is 0 Å². The van der Waals surface area contributed by atoms with E-state index in [0.717, 1.165) is 23.4 Å². The van der Waals surface area contributed by atoms with Crippen LogP contribution in [0.3, 0.4) is 0 Å². The first-order valence-electron chi connectivity index (χ1n) is 9.50. The van der Waals surface area contributed by atoms with E-state index >= 15 is 0 Å². The minimum Gasteiger partial charge on any atom is -0.383 e. The highest BCUT2D eigenvalue weighted by molar-refractivity contribution is 6.06. The standard InChI is InChI=1S/C21H22N6O2/c1-13-5-7-15(8-6-13)27-20(22)16(11-25-27)19(28)18-4-3-9-26(18)21(29)17-12-23-14(2)10-24-17/h5-8,10-12,18H,3-4,9,22H2,1-2H3/t18-/m1/s1. The number of nitrogens with zero attached hydrogens (tertiary/aromatic N) is 5. The number of Topliss-reactive ketones (excluding diaryl/α,β-unsaturated/α-hetero) is 1. The fourth-order valence-electron chi connectivity index (χ4n) is 3.55. The second kappa shape index (κ2) is 7.46. The number of amides is 1. The van der Waals surface area contributed by atoms with E-state index < -0.39 is 6.04 Å². The molecular formula is C21H22N6O2. The van der Waals surface area contributed by atoms with Gasteiger partial charge in [-0.25, -0.2) is 9.67 Å². The summed E-state index contributed by atoms with van der Waals surface area (Å²) in [6.07, 6.45) is 5.79. The molecule has 1 atom stereocenters. The Balaban J connectivity index is 1.59. The Kier molecular flexibility index (Phi) is 4.84. The van der Waals surface area contributed by atoms with E-state index in [1.807, 2.05) is 31.2 Å². The summed E-state index contributed by atoms with van der Waals surface area (Å²) < 4.78 is 1.54. The number of aryl methyl sites for hydroxylation is 2. The van der Waals surface area contributed by atoms with Crippen LogP contribution in [0.5, 0.6) is 0 Å². The molecule has 0 spiro atoms. The molecule has 1 aliphatic rings. The first-order valence-corrected chi connectivity index (χ1v) is 9.50. The Bertz CT molecular complexity index is 1060. The molecule has 1 amide bonds. The molecule has 3 heterocycles. The summed E-state index contributed by atoms with van der Waals surface area (Å²) in [4.78, 5) is 35.9. The van der Waals surface area contributed by atoms with Gasteiger partial charge in [-0.05, 0) is 38.8 Å². The Morgan fingerprint density at radius 1 is 1.07 bits per heavy atom. The molecule has 0 unspecified atom stereocenters. The second-order valence-corrected chi connectivity index (χ2v) is 7.25. The number of carbonyl (C=O) groups is 2. The molecule has 1 fully saturated rings. The molecule has 2 N–H and O–H groups in total. The van der Waals surface area contributed by atoms with Crippen molar-refractivity contribution in [3.63, 3.8) is 0 Å². The van der Waals surface area contributed by atoms with E-state index in [9.17, 15) is 9.59 Å². The lowest BCUT2D eigenvalue weighted by Gasteiger charge is -2.23. The number of carbonyl (C=O) groups excluding carboxylic acids is 2. The van der Waals surface area contributed by atoms with Crippen molar-refractivity contribution in [2.24, 2.45) is 0 Å². The quantitative estimate of drug-likeness (QED) is 0.685. The molecule has 148 valence electrons. The second-order valence-electron chi connectivity index (χ2n) is 7.25. The van der Waals surface area contributed by atoms with Gasteiger partial charge in [-0.15, -0.1) is 0 Å². The van der Waals surface area contributed by atoms with Gasteiger partial charge in [-0.2, -0.15) is 5.10 Å². The predicted octanol–water partition coefficient (Wildman–Crippen LogP) is 2.35. The zero-order valence-electron chi connectivity index (χ0n) is 16.4. The number of benzene rings is 1. The number of rotatable bonds is 4. The topological polar surface area (TPSA) is 107 Å². The summed E-state index contributed by atoms with van der Waals surface area (Å²) in [6.45, 7) is 4.30. The van der Waals surface area contributed by atoms with Crippen molar-refractivity contribution >= 4 is 17.5 Å². The van der Waals surface area contributed by atoms with Crippen LogP contribution in [0.2, 0.25) is 0 Å². The summed E-state index contributed by atoms with van der Waals surface area (Å²) in [6, 6.07) is 7.13. The van der Waals surface area contributed by atoms with Crippen LogP contribution in [0.15, 0.2) is 42.9 Å². The summed E-state index contributed by atoms with van der Waals surface area (Å²) in [5.41, 5.74) is 9.43. The maximum Gasteiger partial charge on any atom is 0.274 e. The molecular weight excluding hydrogens is 368 g/mol. The Hall–Kier alpha value is -3.55. The highest BCUT2D eigenvalue weighted by Crippen LogP contribution is 2.26. The lowest BCUT2D eigenvalue weighted by molar-refractivity contribution is 0.0667. The van der Waals surface area contributed by atoms with Crippen molar-refractivity contribution in [1.82, 2.24) is 24.6 Å². The van der Waals surface area contributed by atoms with Gasteiger partial charge >= 0.3 is 0 Å². The number of likely N-dealkylation sites (tertiary alicyclic amines) is 1. The Labute approximate surface area is 168 Å². The Morgan fingerprint density at radius 2 is 1.83 bits per heavy atom. The highest BCUT2D eigenvalue weighted by atomic mass is 16.2. The van der Waals surface area contributed by atoms with E-state index in [-0.39, 0.29) is 23.2 Å². The average molecular weight is 390 g/mol. The van der Waals surface area contributed by atoms with E-state index in [1.165, 1.54) is 12.4 Å². The normalized spacial score (nSPS) is 16.2. The molecule has 0 saturated carbocycles. The molecule has 0 radical (unpaired) electrons. The van der Waals surface area contributed by atoms with Crippen LogP contribution in [0.1, 0.15) is 44.9 Å². The summed E-state index contributed by atoms with van der Waals surface area (Å²) in [5, 5.41) is 4.29. The van der Waals surface area contributed by atoms with Gasteiger partial charge in [0.1, 0.15) is 11.5 Å². The number of nitrogens with two attached hydrogens (primary N) is 1. The van der Waals surface area contributed by atoms with Gasteiger partial charge in [-0.1, -0.05) is 17.7 Å². The molecule has 0 bridgehead atoms. The minimum absolute atomic E-state index is 0.202. The molecule has 1 saturated heterocycles. The van der Waals surface area contributed by atoms with E-state index in [0.29, 0.717) is 18.5 Å². The predicted molar refractivity (Wildman–Crippen MR) is 108 cm³/mol. The number of hydrogen-bond acceptors (Lipinski definition) is 6. The summed E-state index contributed by atoms with van der Waals surface area (Å²) in [5.74, 6) is -0.224. The smallest absolute Gasteiger partial charge is 0.274 e. The number of nitrogen functional groups attached to an aromatic ring is 1. The summed E-state index contributed by atoms with van der Waals surface area (Å²) in [7, 11) is 0. The van der Waals surface area contributed by atoms with Gasteiger partial charge in [0.25, 0.3) is 5.91 Å². The van der Waals surface area contributed by atoms with E-state index in [2.05, 4.69) is 15.1 Å². The fourth-order valence-corrected chi connectivity index (χ4v) is 3.55. The molecule has 1 aromatic carbocycles. The van der Waals surface area contributed by atoms with Crippen molar-refractivity contribution in [3.8, 4) is 5.69 Å². The number of hydrogen-bond donors (Lipinski definition) is 1. The zero-order chi connectivity index (χ0) is 20.5. The number of aromatic nitrogens is 4. The third-order valence-electron chi connectivity index (χ3n) is 5.17. The zero-order valence-corrected chi connectivity index (χ0v) is 16.4. The molecule has 8 heteroatoms. The highest BCUT2D eigenvalue weighted by Gasteiger charge is 2.37. The van der Waals surface area contributed by atoms with Crippen molar-refractivity contribution in [2.45, 2.75) is 32.7 Å². The third-order valence-corrected chi connectivity index (χ3v) is 5.17. The first kappa shape index (κ1) is 18.8. The lowest BCUT2D eigenvalue weighted by Crippen LogP contribution is -2.41. The van der Waals surface area contributed by atoms with E-state index in [1.54, 1.807) is 22.7 Å². The van der Waals surface area contributed by atoms with E-state index in [4.69, 9.17) is 5.73 Å². The van der Waals surface area contributed by atoms with Crippen LogP contribution < -0.4 is 5.73 Å². The molecule has 8 nitrogen and oxygen atoms in total. The van der Waals surface area contributed by atoms with Gasteiger partial charge in [0.2, 0.25) is 0 Å². The van der Waals surface area contributed by atoms with Crippen molar-refractivity contribution in [1.29, 1.82) is 0 Å². The fraction of sp³-hybridized carbons (Fsp3) is 0.286. The van der Waals surface area contributed by atoms with Crippen LogP contribution >= 0.6 is 0 Å². The molecule has 0 aliphatic carbocycles. The largest absolute Gasteiger partial charge is 0.383 e. The lowest BCUT2D eigenvalue weighted by atomic mass is 10.0. The van der Waals surface area contributed by atoms with Crippen LogP contribution in [-0.4, -0.2) is 48.9 Å².